The fourth-order valence-electron chi connectivity index (χ4n) is 3.74. The number of hydrogen-bond donors (Lipinski definition) is 1. The van der Waals surface area contributed by atoms with Crippen molar-refractivity contribution in [3.63, 3.8) is 0 Å². The van der Waals surface area contributed by atoms with Crippen LogP contribution in [0.1, 0.15) is 23.2 Å². The zero-order valence-electron chi connectivity index (χ0n) is 25.0. The average molecular weight is 602 g/mol. The molecular weight excluding hydrogens is 550 g/mol. The normalized spacial score (nSPS) is 13.9. The van der Waals surface area contributed by atoms with Gasteiger partial charge < -0.3 is 52.7 Å². The van der Waals surface area contributed by atoms with Gasteiger partial charge in [-0.15, -0.1) is 0 Å². The summed E-state index contributed by atoms with van der Waals surface area (Å²) in [6.07, 6.45) is 3.33. The Balaban J connectivity index is 1.16. The zero-order chi connectivity index (χ0) is 29.6. The number of rotatable bonds is 30. The summed E-state index contributed by atoms with van der Waals surface area (Å²) in [5.41, 5.74) is 0.621. The molecule has 0 atom stereocenters. The number of benzene rings is 1. The van der Waals surface area contributed by atoms with Crippen LogP contribution in [0.5, 0.6) is 5.75 Å². The third kappa shape index (κ3) is 21.9. The summed E-state index contributed by atoms with van der Waals surface area (Å²) in [5.74, 6) is 0.708. The van der Waals surface area contributed by atoms with E-state index in [0.717, 1.165) is 32.2 Å². The highest BCUT2D eigenvalue weighted by atomic mass is 16.6. The van der Waals surface area contributed by atoms with Gasteiger partial charge in [-0.3, -0.25) is 4.79 Å². The van der Waals surface area contributed by atoms with E-state index in [9.17, 15) is 4.79 Å². The maximum atomic E-state index is 10.6. The molecule has 0 aromatic heterocycles. The van der Waals surface area contributed by atoms with E-state index in [1.54, 1.807) is 24.3 Å². The van der Waals surface area contributed by atoms with E-state index in [1.165, 1.54) is 0 Å². The highest BCUT2D eigenvalue weighted by Gasteiger charge is 2.12. The number of hydrogen-bond acceptors (Lipinski definition) is 12. The molecule has 0 saturated carbocycles. The quantitative estimate of drug-likeness (QED) is 0.102. The summed E-state index contributed by atoms with van der Waals surface area (Å²) in [5, 5.41) is 3.33. The van der Waals surface area contributed by atoms with Crippen molar-refractivity contribution in [2.24, 2.45) is 0 Å². The lowest BCUT2D eigenvalue weighted by molar-refractivity contribution is -0.0319. The predicted molar refractivity (Wildman–Crippen MR) is 156 cm³/mol. The summed E-state index contributed by atoms with van der Waals surface area (Å²) in [7, 11) is 0. The third-order valence-electron chi connectivity index (χ3n) is 5.98. The first kappa shape index (κ1) is 36.5. The van der Waals surface area contributed by atoms with E-state index < -0.39 is 0 Å². The summed E-state index contributed by atoms with van der Waals surface area (Å²) in [6.45, 7) is 11.5. The molecule has 0 spiro atoms. The van der Waals surface area contributed by atoms with E-state index in [0.29, 0.717) is 136 Å². The number of carbonyl (C=O) groups excluding carboxylic acids is 1. The Kier molecular flexibility index (Phi) is 24.4. The molecule has 0 amide bonds. The molecule has 1 heterocycles. The van der Waals surface area contributed by atoms with Gasteiger partial charge in [0.05, 0.1) is 118 Å². The van der Waals surface area contributed by atoms with Crippen molar-refractivity contribution in [3.05, 3.63) is 29.8 Å². The molecule has 12 heteroatoms. The van der Waals surface area contributed by atoms with Gasteiger partial charge in [0, 0.05) is 5.56 Å². The van der Waals surface area contributed by atoms with Gasteiger partial charge in [-0.1, -0.05) is 0 Å². The van der Waals surface area contributed by atoms with Crippen LogP contribution in [-0.4, -0.2) is 144 Å². The van der Waals surface area contributed by atoms with Crippen LogP contribution in [0.3, 0.4) is 0 Å². The monoisotopic (exact) mass is 601 g/mol. The first-order valence-electron chi connectivity index (χ1n) is 15.0. The summed E-state index contributed by atoms with van der Waals surface area (Å²) < 4.78 is 55.2. The molecule has 0 aliphatic carbocycles. The Bertz CT molecular complexity index is 720. The van der Waals surface area contributed by atoms with Gasteiger partial charge in [-0.2, -0.15) is 0 Å². The minimum atomic E-state index is 0.371. The zero-order valence-corrected chi connectivity index (χ0v) is 25.0. The van der Waals surface area contributed by atoms with Crippen molar-refractivity contribution < 1.29 is 52.2 Å². The van der Waals surface area contributed by atoms with Crippen molar-refractivity contribution in [3.8, 4) is 5.75 Å². The van der Waals surface area contributed by atoms with Crippen LogP contribution in [0.25, 0.3) is 0 Å². The summed E-state index contributed by atoms with van der Waals surface area (Å²) in [6, 6.07) is 6.94. The Morgan fingerprint density at radius 2 is 0.881 bits per heavy atom. The first-order valence-corrected chi connectivity index (χ1v) is 15.0. The third-order valence-corrected chi connectivity index (χ3v) is 5.98. The molecule has 1 fully saturated rings. The smallest absolute Gasteiger partial charge is 0.150 e. The molecule has 0 unspecified atom stereocenters. The Morgan fingerprint density at radius 1 is 0.524 bits per heavy atom. The van der Waals surface area contributed by atoms with E-state index in [-0.39, 0.29) is 0 Å². The second-order valence-corrected chi connectivity index (χ2v) is 9.25. The summed E-state index contributed by atoms with van der Waals surface area (Å²) in [4.78, 5) is 10.6. The largest absolute Gasteiger partial charge is 0.491 e. The SMILES string of the molecule is O=Cc1ccc(OCCOCCOCCOCCOCCOCCOCCOCCOCCOC2CCNCC2)cc1. The molecule has 0 radical (unpaired) electrons. The minimum absolute atomic E-state index is 0.371. The molecular formula is C30H51NO11. The molecule has 12 nitrogen and oxygen atoms in total. The predicted octanol–water partition coefficient (Wildman–Crippen LogP) is 1.78. The van der Waals surface area contributed by atoms with Crippen LogP contribution in [0.4, 0.5) is 0 Å². The lowest BCUT2D eigenvalue weighted by Gasteiger charge is -2.22. The highest BCUT2D eigenvalue weighted by molar-refractivity contribution is 5.74. The van der Waals surface area contributed by atoms with Crippen molar-refractivity contribution in [2.75, 3.05) is 132 Å². The van der Waals surface area contributed by atoms with Gasteiger partial charge in [0.15, 0.2) is 0 Å². The maximum absolute atomic E-state index is 10.6. The topological polar surface area (TPSA) is 121 Å². The molecule has 42 heavy (non-hydrogen) atoms. The van der Waals surface area contributed by atoms with Gasteiger partial charge in [0.2, 0.25) is 0 Å². The molecule has 1 aromatic rings. The van der Waals surface area contributed by atoms with Gasteiger partial charge in [0.25, 0.3) is 0 Å². The average Bonchev–Trinajstić information content (AvgIpc) is 3.03. The van der Waals surface area contributed by atoms with Crippen LogP contribution in [0.15, 0.2) is 24.3 Å². The molecule has 1 aromatic carbocycles. The summed E-state index contributed by atoms with van der Waals surface area (Å²) >= 11 is 0. The van der Waals surface area contributed by atoms with Crippen LogP contribution in [0, 0.1) is 0 Å². The molecule has 242 valence electrons. The van der Waals surface area contributed by atoms with Crippen molar-refractivity contribution in [1.82, 2.24) is 5.32 Å². The second kappa shape index (κ2) is 28.1. The van der Waals surface area contributed by atoms with E-state index >= 15 is 0 Å². The van der Waals surface area contributed by atoms with Gasteiger partial charge in [0.1, 0.15) is 18.6 Å². The van der Waals surface area contributed by atoms with E-state index in [1.807, 2.05) is 0 Å². The van der Waals surface area contributed by atoms with Crippen LogP contribution >= 0.6 is 0 Å². The van der Waals surface area contributed by atoms with Gasteiger partial charge in [-0.05, 0) is 50.2 Å². The molecule has 0 bridgehead atoms. The molecule has 1 saturated heterocycles. The minimum Gasteiger partial charge on any atom is -0.491 e. The van der Waals surface area contributed by atoms with Gasteiger partial charge >= 0.3 is 0 Å². The Labute approximate surface area is 250 Å². The van der Waals surface area contributed by atoms with Gasteiger partial charge in [-0.25, -0.2) is 0 Å². The standard InChI is InChI=1S/C30H51NO11/c32-27-28-1-3-29(4-2-28)41-25-23-39-21-19-37-17-15-35-13-11-33-9-10-34-12-14-36-16-18-38-20-22-40-24-26-42-30-5-7-31-8-6-30/h1-4,27,30-31H,5-26H2. The fraction of sp³-hybridized carbons (Fsp3) is 0.767. The number of ether oxygens (including phenoxy) is 10. The fourth-order valence-corrected chi connectivity index (χ4v) is 3.74. The maximum Gasteiger partial charge on any atom is 0.150 e. The van der Waals surface area contributed by atoms with Crippen LogP contribution in [-0.2, 0) is 42.6 Å². The molecule has 1 aliphatic rings. The second-order valence-electron chi connectivity index (χ2n) is 9.25. The number of carbonyl (C=O) groups is 1. The number of nitrogens with one attached hydrogen (secondary N) is 1. The van der Waals surface area contributed by atoms with Crippen molar-refractivity contribution in [1.29, 1.82) is 0 Å². The molecule has 1 N–H and O–H groups in total. The first-order chi connectivity index (χ1) is 20.9. The Hall–Kier alpha value is -1.71. The van der Waals surface area contributed by atoms with Crippen LogP contribution < -0.4 is 10.1 Å². The Morgan fingerprint density at radius 3 is 1.26 bits per heavy atom. The van der Waals surface area contributed by atoms with E-state index in [4.69, 9.17) is 47.4 Å². The molecule has 1 aliphatic heterocycles. The van der Waals surface area contributed by atoms with Crippen molar-refractivity contribution >= 4 is 6.29 Å². The highest BCUT2D eigenvalue weighted by Crippen LogP contribution is 2.10. The molecule has 2 rings (SSSR count). The lowest BCUT2D eigenvalue weighted by Crippen LogP contribution is -2.33. The van der Waals surface area contributed by atoms with Crippen molar-refractivity contribution in [2.45, 2.75) is 18.9 Å². The lowest BCUT2D eigenvalue weighted by atomic mass is 10.1. The number of aldehydes is 1. The van der Waals surface area contributed by atoms with Crippen LogP contribution in [0.2, 0.25) is 0 Å². The number of piperidine rings is 1. The van der Waals surface area contributed by atoms with E-state index in [2.05, 4.69) is 5.32 Å².